The second kappa shape index (κ2) is 5.63. The zero-order valence-corrected chi connectivity index (χ0v) is 12.0. The number of nitrogens with zero attached hydrogens (tertiary/aromatic N) is 1. The second-order valence-electron chi connectivity index (χ2n) is 4.79. The molecular weight excluding hydrogens is 274 g/mol. The maximum atomic E-state index is 12.4. The first-order chi connectivity index (χ1) is 8.54. The third-order valence-electron chi connectivity index (χ3n) is 3.34. The van der Waals surface area contributed by atoms with Gasteiger partial charge in [0.15, 0.2) is 0 Å². The van der Waals surface area contributed by atoms with E-state index >= 15 is 0 Å². The highest BCUT2D eigenvalue weighted by Crippen LogP contribution is 2.24. The highest BCUT2D eigenvalue weighted by molar-refractivity contribution is 7.89. The number of hydrogen-bond acceptors (Lipinski definition) is 3. The lowest BCUT2D eigenvalue weighted by molar-refractivity contribution is 0.374. The van der Waals surface area contributed by atoms with E-state index in [2.05, 4.69) is 6.92 Å². The SMILES string of the molecule is CC1CCCN(S(=O)(=O)c2ccc(CCl)o2)CC1. The van der Waals surface area contributed by atoms with Crippen LogP contribution in [0, 0.1) is 5.92 Å². The topological polar surface area (TPSA) is 50.5 Å². The van der Waals surface area contributed by atoms with Gasteiger partial charge in [-0.3, -0.25) is 0 Å². The van der Waals surface area contributed by atoms with Crippen LogP contribution in [0.4, 0.5) is 0 Å². The van der Waals surface area contributed by atoms with Gasteiger partial charge in [0.1, 0.15) is 5.76 Å². The first-order valence-electron chi connectivity index (χ1n) is 6.19. The molecule has 0 bridgehead atoms. The molecule has 1 aliphatic heterocycles. The molecule has 4 nitrogen and oxygen atoms in total. The molecule has 18 heavy (non-hydrogen) atoms. The van der Waals surface area contributed by atoms with Crippen LogP contribution in [-0.4, -0.2) is 25.8 Å². The van der Waals surface area contributed by atoms with Gasteiger partial charge in [-0.15, -0.1) is 11.6 Å². The first-order valence-corrected chi connectivity index (χ1v) is 8.16. The van der Waals surface area contributed by atoms with E-state index in [4.69, 9.17) is 16.0 Å². The highest BCUT2D eigenvalue weighted by Gasteiger charge is 2.29. The molecule has 0 radical (unpaired) electrons. The van der Waals surface area contributed by atoms with Crippen molar-refractivity contribution in [1.82, 2.24) is 4.31 Å². The summed E-state index contributed by atoms with van der Waals surface area (Å²) in [6.07, 6.45) is 2.89. The Bertz CT molecular complexity index is 497. The number of furan rings is 1. The highest BCUT2D eigenvalue weighted by atomic mass is 35.5. The van der Waals surface area contributed by atoms with Gasteiger partial charge >= 0.3 is 0 Å². The van der Waals surface area contributed by atoms with Crippen molar-refractivity contribution in [2.24, 2.45) is 5.92 Å². The Hall–Kier alpha value is -0.520. The van der Waals surface area contributed by atoms with Gasteiger partial charge in [-0.1, -0.05) is 6.92 Å². The fourth-order valence-electron chi connectivity index (χ4n) is 2.17. The molecule has 1 fully saturated rings. The van der Waals surface area contributed by atoms with Gasteiger partial charge in [0.25, 0.3) is 10.0 Å². The van der Waals surface area contributed by atoms with E-state index in [9.17, 15) is 8.42 Å². The molecule has 0 amide bonds. The number of halogens is 1. The molecule has 0 saturated carbocycles. The Morgan fingerprint density at radius 1 is 1.39 bits per heavy atom. The standard InChI is InChI=1S/C12H18ClNO3S/c1-10-3-2-7-14(8-6-10)18(15,16)12-5-4-11(9-13)17-12/h4-5,10H,2-3,6-9H2,1H3. The largest absolute Gasteiger partial charge is 0.447 e. The molecule has 1 unspecified atom stereocenters. The average Bonchev–Trinajstić information content (AvgIpc) is 2.72. The fourth-order valence-corrected chi connectivity index (χ4v) is 3.74. The van der Waals surface area contributed by atoms with Gasteiger partial charge in [0, 0.05) is 13.1 Å². The van der Waals surface area contributed by atoms with Crippen molar-refractivity contribution in [3.05, 3.63) is 17.9 Å². The maximum absolute atomic E-state index is 12.4. The van der Waals surface area contributed by atoms with E-state index in [1.807, 2.05) is 0 Å². The van der Waals surface area contributed by atoms with Crippen molar-refractivity contribution in [1.29, 1.82) is 0 Å². The molecule has 1 aromatic heterocycles. The lowest BCUT2D eigenvalue weighted by atomic mass is 10.0. The fraction of sp³-hybridized carbons (Fsp3) is 0.667. The third kappa shape index (κ3) is 2.90. The van der Waals surface area contributed by atoms with Crippen LogP contribution in [-0.2, 0) is 15.9 Å². The summed E-state index contributed by atoms with van der Waals surface area (Å²) in [6, 6.07) is 3.10. The summed E-state index contributed by atoms with van der Waals surface area (Å²) in [7, 11) is -3.49. The second-order valence-corrected chi connectivity index (χ2v) is 6.93. The Labute approximate surface area is 113 Å². The average molecular weight is 292 g/mol. The Balaban J connectivity index is 2.19. The summed E-state index contributed by atoms with van der Waals surface area (Å²) in [6.45, 7) is 3.30. The van der Waals surface area contributed by atoms with Crippen LogP contribution in [0.1, 0.15) is 31.9 Å². The number of sulfonamides is 1. The van der Waals surface area contributed by atoms with Gasteiger partial charge in [0.2, 0.25) is 5.09 Å². The van der Waals surface area contributed by atoms with Crippen molar-refractivity contribution >= 4 is 21.6 Å². The lowest BCUT2D eigenvalue weighted by Crippen LogP contribution is -2.31. The van der Waals surface area contributed by atoms with Gasteiger partial charge in [0.05, 0.1) is 5.88 Å². The molecule has 1 aromatic rings. The smallest absolute Gasteiger partial charge is 0.276 e. The monoisotopic (exact) mass is 291 g/mol. The molecule has 2 heterocycles. The third-order valence-corrected chi connectivity index (χ3v) is 5.37. The molecule has 0 N–H and O–H groups in total. The molecule has 0 spiro atoms. The van der Waals surface area contributed by atoms with Gasteiger partial charge in [-0.2, -0.15) is 4.31 Å². The van der Waals surface area contributed by atoms with E-state index in [0.717, 1.165) is 19.3 Å². The van der Waals surface area contributed by atoms with Crippen LogP contribution in [0.3, 0.4) is 0 Å². The van der Waals surface area contributed by atoms with Crippen molar-refractivity contribution in [2.75, 3.05) is 13.1 Å². The van der Waals surface area contributed by atoms with E-state index in [0.29, 0.717) is 24.8 Å². The first kappa shape index (κ1) is 13.9. The quantitative estimate of drug-likeness (QED) is 0.805. The van der Waals surface area contributed by atoms with Crippen LogP contribution in [0.5, 0.6) is 0 Å². The number of hydrogen-bond donors (Lipinski definition) is 0. The van der Waals surface area contributed by atoms with Crippen LogP contribution in [0.15, 0.2) is 21.6 Å². The zero-order valence-electron chi connectivity index (χ0n) is 10.4. The molecule has 1 atom stereocenters. The Kier molecular flexibility index (Phi) is 4.35. The summed E-state index contributed by atoms with van der Waals surface area (Å²) < 4.78 is 31.5. The molecular formula is C12H18ClNO3S. The summed E-state index contributed by atoms with van der Waals surface area (Å²) in [5.74, 6) is 1.26. The Morgan fingerprint density at radius 3 is 2.83 bits per heavy atom. The summed E-state index contributed by atoms with van der Waals surface area (Å²) in [5, 5.41) is 0.00713. The van der Waals surface area contributed by atoms with E-state index in [-0.39, 0.29) is 11.0 Å². The molecule has 2 rings (SSSR count). The normalized spacial score (nSPS) is 22.9. The van der Waals surface area contributed by atoms with E-state index in [1.54, 1.807) is 6.07 Å². The summed E-state index contributed by atoms with van der Waals surface area (Å²) >= 11 is 5.62. The van der Waals surface area contributed by atoms with Gasteiger partial charge in [-0.25, -0.2) is 8.42 Å². The van der Waals surface area contributed by atoms with Crippen molar-refractivity contribution in [3.63, 3.8) is 0 Å². The molecule has 0 aliphatic carbocycles. The summed E-state index contributed by atoms with van der Waals surface area (Å²) in [5.41, 5.74) is 0. The number of rotatable bonds is 3. The van der Waals surface area contributed by atoms with Crippen molar-refractivity contribution in [3.8, 4) is 0 Å². The van der Waals surface area contributed by atoms with E-state index in [1.165, 1.54) is 10.4 Å². The molecule has 1 saturated heterocycles. The summed E-state index contributed by atoms with van der Waals surface area (Å²) in [4.78, 5) is 0. The minimum atomic E-state index is -3.49. The Morgan fingerprint density at radius 2 is 2.17 bits per heavy atom. The van der Waals surface area contributed by atoms with Crippen molar-refractivity contribution < 1.29 is 12.8 Å². The maximum Gasteiger partial charge on any atom is 0.276 e. The van der Waals surface area contributed by atoms with E-state index < -0.39 is 10.0 Å². The molecule has 0 aromatic carbocycles. The van der Waals surface area contributed by atoms with Crippen LogP contribution < -0.4 is 0 Å². The predicted octanol–water partition coefficient (Wildman–Crippen LogP) is 2.83. The molecule has 6 heteroatoms. The van der Waals surface area contributed by atoms with Crippen LogP contribution in [0.2, 0.25) is 0 Å². The molecule has 1 aliphatic rings. The predicted molar refractivity (Wildman–Crippen MR) is 70.0 cm³/mol. The minimum Gasteiger partial charge on any atom is -0.447 e. The molecule has 102 valence electrons. The van der Waals surface area contributed by atoms with Gasteiger partial charge < -0.3 is 4.42 Å². The van der Waals surface area contributed by atoms with Crippen LogP contribution >= 0.6 is 11.6 Å². The number of alkyl halides is 1. The minimum absolute atomic E-state index is 0.00713. The zero-order chi connectivity index (χ0) is 13.2. The van der Waals surface area contributed by atoms with Crippen molar-refractivity contribution in [2.45, 2.75) is 37.2 Å². The van der Waals surface area contributed by atoms with Crippen LogP contribution in [0.25, 0.3) is 0 Å². The lowest BCUT2D eigenvalue weighted by Gasteiger charge is -2.18. The van der Waals surface area contributed by atoms with Gasteiger partial charge in [-0.05, 0) is 37.3 Å².